The molecule has 0 aliphatic carbocycles. The van der Waals surface area contributed by atoms with Gasteiger partial charge in [-0.05, 0) is 20.8 Å². The molecule has 0 atom stereocenters. The molecule has 0 amide bonds. The van der Waals surface area contributed by atoms with Crippen molar-refractivity contribution in [2.24, 2.45) is 0 Å². The highest BCUT2D eigenvalue weighted by atomic mass is 16.1. The van der Waals surface area contributed by atoms with Crippen LogP contribution in [-0.4, -0.2) is 29.7 Å². The van der Waals surface area contributed by atoms with Gasteiger partial charge in [-0.15, -0.1) is 0 Å². The summed E-state index contributed by atoms with van der Waals surface area (Å²) in [6.07, 6.45) is 1.49. The number of aromatic amines is 1. The summed E-state index contributed by atoms with van der Waals surface area (Å²) in [5.41, 5.74) is 1.14. The van der Waals surface area contributed by atoms with E-state index in [1.807, 2.05) is 13.8 Å². The van der Waals surface area contributed by atoms with Crippen LogP contribution in [0.4, 0.5) is 0 Å². The molecular weight excluding hydrogens is 244 g/mol. The second kappa shape index (κ2) is 3.98. The van der Waals surface area contributed by atoms with Crippen LogP contribution in [0.3, 0.4) is 0 Å². The molecule has 3 heterocycles. The van der Waals surface area contributed by atoms with Gasteiger partial charge in [-0.1, -0.05) is 0 Å². The molecule has 0 fully saturated rings. The number of nitrogens with zero attached hydrogens (tertiary/aromatic N) is 5. The zero-order valence-corrected chi connectivity index (χ0v) is 10.8. The normalized spacial score (nSPS) is 11.1. The lowest BCUT2D eigenvalue weighted by Crippen LogP contribution is -2.11. The van der Waals surface area contributed by atoms with Crippen LogP contribution in [0.2, 0.25) is 0 Å². The standard InChI is InChI=1S/C12H12N6O/c1-6-4-10(15-7(2)14-6)18-11-9(5-13-18)12(19)17-8(3)16-11/h4-5H,1-3H3,(H,16,17,19). The number of aryl methyl sites for hydroxylation is 3. The predicted molar refractivity (Wildman–Crippen MR) is 69.3 cm³/mol. The third-order valence-corrected chi connectivity index (χ3v) is 2.73. The molecule has 0 saturated heterocycles. The Balaban J connectivity index is 2.34. The fourth-order valence-corrected chi connectivity index (χ4v) is 2.00. The molecule has 19 heavy (non-hydrogen) atoms. The average Bonchev–Trinajstić information content (AvgIpc) is 2.71. The number of aromatic nitrogens is 6. The van der Waals surface area contributed by atoms with Crippen molar-refractivity contribution in [3.63, 3.8) is 0 Å². The Morgan fingerprint density at radius 2 is 1.95 bits per heavy atom. The summed E-state index contributed by atoms with van der Waals surface area (Å²) < 4.78 is 1.55. The van der Waals surface area contributed by atoms with Crippen molar-refractivity contribution < 1.29 is 0 Å². The predicted octanol–water partition coefficient (Wildman–Crippen LogP) is 0.824. The second-order valence-corrected chi connectivity index (χ2v) is 4.36. The number of hydrogen-bond donors (Lipinski definition) is 1. The molecule has 3 aromatic heterocycles. The molecule has 0 aliphatic rings. The van der Waals surface area contributed by atoms with Crippen LogP contribution in [-0.2, 0) is 0 Å². The summed E-state index contributed by atoms with van der Waals surface area (Å²) in [5.74, 6) is 1.81. The highest BCUT2D eigenvalue weighted by Gasteiger charge is 2.11. The van der Waals surface area contributed by atoms with Crippen molar-refractivity contribution in [3.05, 3.63) is 40.0 Å². The van der Waals surface area contributed by atoms with Gasteiger partial charge < -0.3 is 4.98 Å². The van der Waals surface area contributed by atoms with Crippen molar-refractivity contribution in [1.82, 2.24) is 29.7 Å². The smallest absolute Gasteiger partial charge is 0.262 e. The number of nitrogens with one attached hydrogen (secondary N) is 1. The van der Waals surface area contributed by atoms with Crippen LogP contribution in [0, 0.1) is 20.8 Å². The van der Waals surface area contributed by atoms with E-state index in [9.17, 15) is 4.79 Å². The van der Waals surface area contributed by atoms with Crippen LogP contribution in [0.5, 0.6) is 0 Å². The van der Waals surface area contributed by atoms with E-state index in [-0.39, 0.29) is 5.56 Å². The first-order valence-electron chi connectivity index (χ1n) is 5.82. The van der Waals surface area contributed by atoms with Crippen LogP contribution in [0.15, 0.2) is 17.1 Å². The van der Waals surface area contributed by atoms with E-state index in [2.05, 4.69) is 25.0 Å². The summed E-state index contributed by atoms with van der Waals surface area (Å²) in [6.45, 7) is 5.43. The first-order chi connectivity index (χ1) is 9.04. The Hall–Kier alpha value is -2.57. The fourth-order valence-electron chi connectivity index (χ4n) is 2.00. The van der Waals surface area contributed by atoms with Crippen molar-refractivity contribution in [2.75, 3.05) is 0 Å². The Bertz CT molecular complexity index is 812. The molecule has 3 rings (SSSR count). The van der Waals surface area contributed by atoms with E-state index in [1.54, 1.807) is 17.7 Å². The molecule has 7 nitrogen and oxygen atoms in total. The highest BCUT2D eigenvalue weighted by Crippen LogP contribution is 2.12. The van der Waals surface area contributed by atoms with E-state index in [4.69, 9.17) is 0 Å². The Labute approximate surface area is 108 Å². The van der Waals surface area contributed by atoms with E-state index in [0.717, 1.165) is 5.69 Å². The van der Waals surface area contributed by atoms with Gasteiger partial charge in [0, 0.05) is 11.8 Å². The Morgan fingerprint density at radius 3 is 2.68 bits per heavy atom. The molecular formula is C12H12N6O. The third-order valence-electron chi connectivity index (χ3n) is 2.73. The maximum Gasteiger partial charge on any atom is 0.262 e. The highest BCUT2D eigenvalue weighted by molar-refractivity contribution is 5.74. The summed E-state index contributed by atoms with van der Waals surface area (Å²) in [5, 5.41) is 4.64. The van der Waals surface area contributed by atoms with Gasteiger partial charge in [0.15, 0.2) is 11.5 Å². The first-order valence-corrected chi connectivity index (χ1v) is 5.82. The van der Waals surface area contributed by atoms with Crippen LogP contribution >= 0.6 is 0 Å². The molecule has 0 spiro atoms. The quantitative estimate of drug-likeness (QED) is 0.696. The number of H-pyrrole nitrogens is 1. The molecule has 0 aliphatic heterocycles. The van der Waals surface area contributed by atoms with Crippen LogP contribution in [0.25, 0.3) is 16.9 Å². The van der Waals surface area contributed by atoms with E-state index < -0.39 is 0 Å². The van der Waals surface area contributed by atoms with Crippen LogP contribution < -0.4 is 5.56 Å². The number of hydrogen-bond acceptors (Lipinski definition) is 5. The topological polar surface area (TPSA) is 89.4 Å². The van der Waals surface area contributed by atoms with Gasteiger partial charge in [0.2, 0.25) is 0 Å². The Kier molecular flexibility index (Phi) is 2.41. The second-order valence-electron chi connectivity index (χ2n) is 4.36. The molecule has 0 unspecified atom stereocenters. The van der Waals surface area contributed by atoms with Crippen LogP contribution in [0.1, 0.15) is 17.3 Å². The summed E-state index contributed by atoms with van der Waals surface area (Å²) in [7, 11) is 0. The van der Waals surface area contributed by atoms with E-state index >= 15 is 0 Å². The molecule has 0 radical (unpaired) electrons. The van der Waals surface area contributed by atoms with Gasteiger partial charge in [0.05, 0.1) is 6.20 Å². The third kappa shape index (κ3) is 1.88. The summed E-state index contributed by atoms with van der Waals surface area (Å²) >= 11 is 0. The number of fused-ring (bicyclic) bond motifs is 1. The maximum atomic E-state index is 11.8. The molecule has 7 heteroatoms. The van der Waals surface area contributed by atoms with Gasteiger partial charge in [-0.2, -0.15) is 9.78 Å². The minimum absolute atomic E-state index is 0.198. The van der Waals surface area contributed by atoms with Crippen molar-refractivity contribution in [2.45, 2.75) is 20.8 Å². The van der Waals surface area contributed by atoms with E-state index in [1.165, 1.54) is 6.20 Å². The lowest BCUT2D eigenvalue weighted by atomic mass is 10.4. The summed E-state index contributed by atoms with van der Waals surface area (Å²) in [6, 6.07) is 1.80. The minimum Gasteiger partial charge on any atom is -0.310 e. The zero-order valence-electron chi connectivity index (χ0n) is 10.8. The van der Waals surface area contributed by atoms with Crippen molar-refractivity contribution in [3.8, 4) is 5.82 Å². The molecule has 3 aromatic rings. The summed E-state index contributed by atoms with van der Waals surface area (Å²) in [4.78, 5) is 27.3. The van der Waals surface area contributed by atoms with Crippen molar-refractivity contribution >= 4 is 11.0 Å². The van der Waals surface area contributed by atoms with Gasteiger partial charge in [-0.25, -0.2) is 15.0 Å². The van der Waals surface area contributed by atoms with Crippen molar-refractivity contribution in [1.29, 1.82) is 0 Å². The van der Waals surface area contributed by atoms with Gasteiger partial charge in [-0.3, -0.25) is 4.79 Å². The molecule has 0 bridgehead atoms. The zero-order chi connectivity index (χ0) is 13.6. The SMILES string of the molecule is Cc1cc(-n2ncc3c(=O)[nH]c(C)nc32)nc(C)n1. The monoisotopic (exact) mass is 256 g/mol. The molecule has 0 saturated carbocycles. The molecule has 96 valence electrons. The molecule has 0 aromatic carbocycles. The van der Waals surface area contributed by atoms with Gasteiger partial charge >= 0.3 is 0 Å². The van der Waals surface area contributed by atoms with E-state index in [0.29, 0.717) is 28.5 Å². The maximum absolute atomic E-state index is 11.8. The number of rotatable bonds is 1. The lowest BCUT2D eigenvalue weighted by Gasteiger charge is -2.04. The fraction of sp³-hybridized carbons (Fsp3) is 0.250. The first kappa shape index (κ1) is 11.5. The minimum atomic E-state index is -0.198. The van der Waals surface area contributed by atoms with Gasteiger partial charge in [0.25, 0.3) is 5.56 Å². The lowest BCUT2D eigenvalue weighted by molar-refractivity contribution is 0.832. The largest absolute Gasteiger partial charge is 0.310 e. The van der Waals surface area contributed by atoms with Gasteiger partial charge in [0.1, 0.15) is 17.0 Å². The average molecular weight is 256 g/mol. The Morgan fingerprint density at radius 1 is 1.16 bits per heavy atom. The molecule has 1 N–H and O–H groups in total.